The molecule has 8 nitrogen and oxygen atoms in total. The van der Waals surface area contributed by atoms with E-state index in [4.69, 9.17) is 9.47 Å². The first kappa shape index (κ1) is 24.7. The van der Waals surface area contributed by atoms with E-state index in [1.54, 1.807) is 30.3 Å². The number of aromatic hydroxyl groups is 1. The number of rotatable bonds is 8. The number of benzene rings is 1. The monoisotopic (exact) mass is 471 g/mol. The van der Waals surface area contributed by atoms with Crippen LogP contribution in [0.3, 0.4) is 0 Å². The summed E-state index contributed by atoms with van der Waals surface area (Å²) >= 11 is 0. The van der Waals surface area contributed by atoms with Crippen LogP contribution in [0.1, 0.15) is 50.3 Å². The zero-order valence-corrected chi connectivity index (χ0v) is 19.9. The van der Waals surface area contributed by atoms with E-state index in [0.29, 0.717) is 29.3 Å². The third kappa shape index (κ3) is 5.71. The Balaban J connectivity index is 1.76. The first-order chi connectivity index (χ1) is 15.7. The summed E-state index contributed by atoms with van der Waals surface area (Å²) in [7, 11) is -2.12. The third-order valence-electron chi connectivity index (χ3n) is 5.57. The molecule has 33 heavy (non-hydrogen) atoms. The van der Waals surface area contributed by atoms with Crippen molar-refractivity contribution in [3.63, 3.8) is 0 Å². The van der Waals surface area contributed by atoms with Gasteiger partial charge in [-0.2, -0.15) is 10.2 Å². The predicted octanol–water partition coefficient (Wildman–Crippen LogP) is 2.10. The molecule has 2 heterocycles. The molecule has 3 rings (SSSR count). The summed E-state index contributed by atoms with van der Waals surface area (Å²) in [4.78, 5) is 4.15. The maximum absolute atomic E-state index is 12.5. The molecule has 9 heteroatoms. The van der Waals surface area contributed by atoms with E-state index in [1.807, 2.05) is 19.9 Å². The van der Waals surface area contributed by atoms with Crippen LogP contribution in [0.25, 0.3) is 12.7 Å². The van der Waals surface area contributed by atoms with E-state index < -0.39 is 15.9 Å². The van der Waals surface area contributed by atoms with Crippen LogP contribution in [0.5, 0.6) is 11.8 Å². The molecule has 1 aliphatic rings. The zero-order chi connectivity index (χ0) is 24.2. The minimum atomic E-state index is -3.54. The van der Waals surface area contributed by atoms with Gasteiger partial charge in [0, 0.05) is 17.0 Å². The van der Waals surface area contributed by atoms with Crippen molar-refractivity contribution in [3.05, 3.63) is 45.8 Å². The van der Waals surface area contributed by atoms with Gasteiger partial charge in [0.1, 0.15) is 11.6 Å². The average molecular weight is 472 g/mol. The van der Waals surface area contributed by atoms with E-state index in [1.165, 1.54) is 7.11 Å². The van der Waals surface area contributed by atoms with Crippen molar-refractivity contribution in [2.75, 3.05) is 13.7 Å². The number of nitriles is 1. The SMILES string of the molecule is C=c1c(C#N)c(O)nc(OC)c1=CC1CCC(c2ccc(S(=O)(=O)NCCC(C)C)cc2)O1. The Labute approximate surface area is 194 Å². The zero-order valence-electron chi connectivity index (χ0n) is 19.0. The Morgan fingerprint density at radius 1 is 1.36 bits per heavy atom. The van der Waals surface area contributed by atoms with Crippen LogP contribution >= 0.6 is 0 Å². The Hall–Kier alpha value is -2.93. The van der Waals surface area contributed by atoms with Gasteiger partial charge < -0.3 is 14.6 Å². The summed E-state index contributed by atoms with van der Waals surface area (Å²) in [6.07, 6.45) is 3.56. The molecule has 2 N–H and O–H groups in total. The fourth-order valence-electron chi connectivity index (χ4n) is 3.70. The highest BCUT2D eigenvalue weighted by Gasteiger charge is 2.26. The van der Waals surface area contributed by atoms with Gasteiger partial charge in [-0.3, -0.25) is 0 Å². The van der Waals surface area contributed by atoms with Crippen LogP contribution in [0, 0.1) is 17.2 Å². The lowest BCUT2D eigenvalue weighted by molar-refractivity contribution is 0.0789. The number of pyridine rings is 1. The minimum Gasteiger partial charge on any atom is -0.492 e. The van der Waals surface area contributed by atoms with Crippen LogP contribution in [-0.4, -0.2) is 38.3 Å². The van der Waals surface area contributed by atoms with Crippen molar-refractivity contribution in [1.82, 2.24) is 9.71 Å². The maximum atomic E-state index is 12.5. The Kier molecular flexibility index (Phi) is 7.74. The number of nitrogens with one attached hydrogen (secondary N) is 1. The van der Waals surface area contributed by atoms with E-state index in [0.717, 1.165) is 18.4 Å². The number of hydrogen-bond acceptors (Lipinski definition) is 7. The summed E-state index contributed by atoms with van der Waals surface area (Å²) in [6, 6.07) is 8.63. The fourth-order valence-corrected chi connectivity index (χ4v) is 4.75. The van der Waals surface area contributed by atoms with Crippen LogP contribution in [-0.2, 0) is 14.8 Å². The molecule has 176 valence electrons. The molecule has 0 radical (unpaired) electrons. The smallest absolute Gasteiger partial charge is 0.240 e. The second-order valence-corrected chi connectivity index (χ2v) is 10.1. The standard InChI is InChI=1S/C24H29N3O5S/c1-15(2)11-12-26-33(29,30)19-8-5-17(6-9-19)22-10-7-18(32-22)13-20-16(3)21(14-25)23(28)27-24(20)31-4/h5-6,8-9,13,15,18,22,26,28H,3,7,10-12H2,1-2,4H3. The second-order valence-electron chi connectivity index (χ2n) is 8.38. The number of ether oxygens (including phenoxy) is 2. The lowest BCUT2D eigenvalue weighted by Gasteiger charge is -2.13. The highest BCUT2D eigenvalue weighted by atomic mass is 32.2. The Bertz CT molecular complexity index is 1250. The quantitative estimate of drug-likeness (QED) is 0.605. The van der Waals surface area contributed by atoms with Gasteiger partial charge in [0.15, 0.2) is 0 Å². The highest BCUT2D eigenvalue weighted by molar-refractivity contribution is 7.89. The van der Waals surface area contributed by atoms with Crippen LogP contribution < -0.4 is 19.9 Å². The van der Waals surface area contributed by atoms with Crippen molar-refractivity contribution in [1.29, 1.82) is 5.26 Å². The van der Waals surface area contributed by atoms with Crippen LogP contribution in [0.4, 0.5) is 0 Å². The van der Waals surface area contributed by atoms with E-state index in [9.17, 15) is 18.8 Å². The van der Waals surface area contributed by atoms with Crippen molar-refractivity contribution in [2.24, 2.45) is 5.92 Å². The molecule has 2 unspecified atom stereocenters. The topological polar surface area (TPSA) is 122 Å². The van der Waals surface area contributed by atoms with Crippen molar-refractivity contribution >= 4 is 22.7 Å². The summed E-state index contributed by atoms with van der Waals surface area (Å²) in [5, 5.41) is 20.0. The lowest BCUT2D eigenvalue weighted by atomic mass is 10.1. The Morgan fingerprint density at radius 2 is 2.06 bits per heavy atom. The number of hydrogen-bond donors (Lipinski definition) is 2. The molecule has 1 aromatic heterocycles. The van der Waals surface area contributed by atoms with Crippen molar-refractivity contribution in [2.45, 2.75) is 50.2 Å². The average Bonchev–Trinajstić information content (AvgIpc) is 3.24. The van der Waals surface area contributed by atoms with Crippen LogP contribution in [0.15, 0.2) is 29.2 Å². The number of nitrogens with zero attached hydrogens (tertiary/aromatic N) is 2. The Morgan fingerprint density at radius 3 is 2.67 bits per heavy atom. The summed E-state index contributed by atoms with van der Waals surface area (Å²) < 4.78 is 38.9. The number of sulfonamides is 1. The molecule has 1 aliphatic heterocycles. The minimum absolute atomic E-state index is 0.00426. The first-order valence-corrected chi connectivity index (χ1v) is 12.3. The highest BCUT2D eigenvalue weighted by Crippen LogP contribution is 2.33. The maximum Gasteiger partial charge on any atom is 0.240 e. The molecule has 0 amide bonds. The number of aromatic nitrogens is 1. The summed E-state index contributed by atoms with van der Waals surface area (Å²) in [5.74, 6) is 0.168. The third-order valence-corrected chi connectivity index (χ3v) is 7.05. The normalized spacial score (nSPS) is 19.1. The van der Waals surface area contributed by atoms with Gasteiger partial charge >= 0.3 is 0 Å². The fraction of sp³-hybridized carbons (Fsp3) is 0.417. The first-order valence-electron chi connectivity index (χ1n) is 10.8. The molecular weight excluding hydrogens is 442 g/mol. The van der Waals surface area contributed by atoms with E-state index >= 15 is 0 Å². The van der Waals surface area contributed by atoms with Gasteiger partial charge in [-0.25, -0.2) is 13.1 Å². The predicted molar refractivity (Wildman–Crippen MR) is 124 cm³/mol. The molecule has 0 saturated carbocycles. The molecule has 0 aliphatic carbocycles. The molecule has 1 saturated heterocycles. The van der Waals surface area contributed by atoms with Gasteiger partial charge in [-0.1, -0.05) is 32.6 Å². The van der Waals surface area contributed by atoms with E-state index in [2.05, 4.69) is 16.3 Å². The molecular formula is C24H29N3O5S. The molecule has 1 fully saturated rings. The lowest BCUT2D eigenvalue weighted by Crippen LogP contribution is -2.31. The number of methoxy groups -OCH3 is 1. The summed E-state index contributed by atoms with van der Waals surface area (Å²) in [5.41, 5.74) is 0.880. The van der Waals surface area contributed by atoms with Crippen LogP contribution in [0.2, 0.25) is 0 Å². The molecule has 0 spiro atoms. The van der Waals surface area contributed by atoms with Crippen molar-refractivity contribution < 1.29 is 23.0 Å². The van der Waals surface area contributed by atoms with Gasteiger partial charge in [0.2, 0.25) is 21.8 Å². The van der Waals surface area contributed by atoms with Gasteiger partial charge in [-0.15, -0.1) is 0 Å². The largest absolute Gasteiger partial charge is 0.492 e. The van der Waals surface area contributed by atoms with Crippen molar-refractivity contribution in [3.8, 4) is 17.8 Å². The van der Waals surface area contributed by atoms with Gasteiger partial charge in [0.25, 0.3) is 0 Å². The van der Waals surface area contributed by atoms with E-state index in [-0.39, 0.29) is 28.5 Å². The molecule has 2 aromatic rings. The van der Waals surface area contributed by atoms with Gasteiger partial charge in [0.05, 0.1) is 24.2 Å². The second kappa shape index (κ2) is 10.3. The van der Waals surface area contributed by atoms with Gasteiger partial charge in [-0.05, 0) is 49.0 Å². The molecule has 2 atom stereocenters. The summed E-state index contributed by atoms with van der Waals surface area (Å²) in [6.45, 7) is 8.39. The molecule has 1 aromatic carbocycles. The molecule has 0 bridgehead atoms.